The van der Waals surface area contributed by atoms with Gasteiger partial charge in [0, 0.05) is 19.3 Å². The van der Waals surface area contributed by atoms with Crippen LogP contribution in [-0.4, -0.2) is 37.2 Å². The van der Waals surface area contributed by atoms with Gasteiger partial charge in [-0.05, 0) is 44.9 Å². The first kappa shape index (κ1) is 54.4. The number of esters is 3. The van der Waals surface area contributed by atoms with E-state index in [0.717, 1.165) is 64.2 Å². The molecule has 330 valence electrons. The number of allylic oxidation sites excluding steroid dienone is 8. The molecule has 0 saturated heterocycles. The van der Waals surface area contributed by atoms with Crippen molar-refractivity contribution < 1.29 is 28.6 Å². The second kappa shape index (κ2) is 46.1. The third kappa shape index (κ3) is 44.3. The van der Waals surface area contributed by atoms with Crippen molar-refractivity contribution in [2.45, 2.75) is 245 Å². The fraction of sp³-hybridized carbons (Fsp3) is 0.784. The molecule has 0 bridgehead atoms. The monoisotopic (exact) mass is 799 g/mol. The molecule has 0 spiro atoms. The minimum Gasteiger partial charge on any atom is -0.462 e. The third-order valence-corrected chi connectivity index (χ3v) is 10.4. The smallest absolute Gasteiger partial charge is 0.306 e. The van der Waals surface area contributed by atoms with Crippen molar-refractivity contribution in [3.63, 3.8) is 0 Å². The van der Waals surface area contributed by atoms with Gasteiger partial charge in [0.2, 0.25) is 0 Å². The average Bonchev–Trinajstić information content (AvgIpc) is 3.21. The van der Waals surface area contributed by atoms with Gasteiger partial charge in [0.05, 0.1) is 0 Å². The minimum atomic E-state index is -0.804. The lowest BCUT2D eigenvalue weighted by molar-refractivity contribution is -0.166. The Kier molecular flexibility index (Phi) is 43.9. The van der Waals surface area contributed by atoms with Crippen molar-refractivity contribution in [2.75, 3.05) is 13.2 Å². The van der Waals surface area contributed by atoms with Gasteiger partial charge in [-0.3, -0.25) is 14.4 Å². The quantitative estimate of drug-likeness (QED) is 0.0265. The molecule has 1 unspecified atom stereocenters. The van der Waals surface area contributed by atoms with Gasteiger partial charge < -0.3 is 14.2 Å². The molecule has 0 fully saturated rings. The second-order valence-corrected chi connectivity index (χ2v) is 16.0. The Morgan fingerprint density at radius 2 is 0.684 bits per heavy atom. The number of hydrogen-bond acceptors (Lipinski definition) is 6. The van der Waals surface area contributed by atoms with Crippen LogP contribution in [0.5, 0.6) is 0 Å². The van der Waals surface area contributed by atoms with Gasteiger partial charge in [-0.2, -0.15) is 0 Å². The molecule has 0 aliphatic heterocycles. The molecule has 0 aliphatic rings. The molecule has 0 N–H and O–H groups in total. The van der Waals surface area contributed by atoms with E-state index in [4.69, 9.17) is 14.2 Å². The summed E-state index contributed by atoms with van der Waals surface area (Å²) in [5.41, 5.74) is 0. The van der Waals surface area contributed by atoms with Gasteiger partial charge in [0.15, 0.2) is 6.10 Å². The molecule has 0 aromatic rings. The van der Waals surface area contributed by atoms with E-state index in [0.29, 0.717) is 19.3 Å². The van der Waals surface area contributed by atoms with Gasteiger partial charge in [0.1, 0.15) is 13.2 Å². The maximum absolute atomic E-state index is 12.7. The first-order valence-electron chi connectivity index (χ1n) is 24.1. The van der Waals surface area contributed by atoms with Crippen molar-refractivity contribution in [3.8, 4) is 0 Å². The highest BCUT2D eigenvalue weighted by molar-refractivity contribution is 5.71. The van der Waals surface area contributed by atoms with Crippen LogP contribution in [0.1, 0.15) is 239 Å². The molecular weight excluding hydrogens is 709 g/mol. The summed E-state index contributed by atoms with van der Waals surface area (Å²) in [6.07, 6.45) is 54.0. The normalized spacial score (nSPS) is 12.4. The number of ether oxygens (including phenoxy) is 3. The molecular formula is C51H90O6. The highest BCUT2D eigenvalue weighted by atomic mass is 16.6. The lowest BCUT2D eigenvalue weighted by Gasteiger charge is -2.18. The van der Waals surface area contributed by atoms with E-state index < -0.39 is 6.10 Å². The summed E-state index contributed by atoms with van der Waals surface area (Å²) in [6.45, 7) is 6.45. The van der Waals surface area contributed by atoms with Crippen LogP contribution < -0.4 is 0 Å². The topological polar surface area (TPSA) is 78.9 Å². The largest absolute Gasteiger partial charge is 0.462 e. The number of rotatable bonds is 43. The van der Waals surface area contributed by atoms with Crippen LogP contribution in [0, 0.1) is 0 Å². The van der Waals surface area contributed by atoms with Gasteiger partial charge in [0.25, 0.3) is 0 Å². The average molecular weight is 799 g/mol. The van der Waals surface area contributed by atoms with Gasteiger partial charge in [-0.15, -0.1) is 0 Å². The summed E-state index contributed by atoms with van der Waals surface area (Å²) in [5.74, 6) is -0.977. The summed E-state index contributed by atoms with van der Waals surface area (Å²) >= 11 is 0. The molecule has 0 saturated carbocycles. The number of carbonyl (C=O) groups excluding carboxylic acids is 3. The summed E-state index contributed by atoms with van der Waals surface area (Å²) < 4.78 is 16.7. The third-order valence-electron chi connectivity index (χ3n) is 10.4. The number of unbranched alkanes of at least 4 members (excludes halogenated alkanes) is 24. The number of hydrogen-bond donors (Lipinski definition) is 0. The molecule has 57 heavy (non-hydrogen) atoms. The number of carbonyl (C=O) groups is 3. The van der Waals surface area contributed by atoms with Gasteiger partial charge in [-0.1, -0.05) is 223 Å². The first-order valence-corrected chi connectivity index (χ1v) is 24.1. The fourth-order valence-corrected chi connectivity index (χ4v) is 6.75. The molecule has 0 radical (unpaired) electrons. The second-order valence-electron chi connectivity index (χ2n) is 16.0. The van der Waals surface area contributed by atoms with Crippen LogP contribution in [0.2, 0.25) is 0 Å². The zero-order valence-electron chi connectivity index (χ0n) is 37.6. The predicted octanol–water partition coefficient (Wildman–Crippen LogP) is 15.5. The standard InChI is InChI=1S/C51H90O6/c1-4-7-10-13-16-19-22-24-25-26-28-29-32-35-38-41-44-50(53)56-47-48(46-55-49(52)43-40-37-34-31-21-18-15-12-9-6-3)57-51(54)45-42-39-36-33-30-27-23-20-17-14-11-8-5-2/h8,11,17,20,27,30,36,39,48H,4-7,9-10,12-16,18-19,21-26,28-29,31-35,37-38,40-47H2,1-3H3/b11-8-,20-17-,30-27-,39-36-. The van der Waals surface area contributed by atoms with Crippen LogP contribution in [0.4, 0.5) is 0 Å². The highest BCUT2D eigenvalue weighted by Gasteiger charge is 2.19. The lowest BCUT2D eigenvalue weighted by Crippen LogP contribution is -2.30. The van der Waals surface area contributed by atoms with E-state index >= 15 is 0 Å². The Hall–Kier alpha value is -2.63. The van der Waals surface area contributed by atoms with Gasteiger partial charge in [-0.25, -0.2) is 0 Å². The van der Waals surface area contributed by atoms with Crippen molar-refractivity contribution >= 4 is 17.9 Å². The minimum absolute atomic E-state index is 0.0983. The Morgan fingerprint density at radius 3 is 1.04 bits per heavy atom. The summed E-state index contributed by atoms with van der Waals surface area (Å²) in [5, 5.41) is 0. The summed E-state index contributed by atoms with van der Waals surface area (Å²) in [6, 6.07) is 0. The van der Waals surface area contributed by atoms with Crippen molar-refractivity contribution in [2.24, 2.45) is 0 Å². The first-order chi connectivity index (χ1) is 28.0. The summed E-state index contributed by atoms with van der Waals surface area (Å²) in [7, 11) is 0. The Balaban J connectivity index is 4.40. The lowest BCUT2D eigenvalue weighted by atomic mass is 10.0. The van der Waals surface area contributed by atoms with Crippen LogP contribution in [0.15, 0.2) is 48.6 Å². The van der Waals surface area contributed by atoms with Crippen LogP contribution in [0.25, 0.3) is 0 Å². The molecule has 0 rings (SSSR count). The summed E-state index contributed by atoms with van der Waals surface area (Å²) in [4.78, 5) is 37.7. The van der Waals surface area contributed by atoms with E-state index in [1.165, 1.54) is 128 Å². The van der Waals surface area contributed by atoms with E-state index in [9.17, 15) is 14.4 Å². The van der Waals surface area contributed by atoms with Crippen molar-refractivity contribution in [1.29, 1.82) is 0 Å². The van der Waals surface area contributed by atoms with Crippen molar-refractivity contribution in [1.82, 2.24) is 0 Å². The fourth-order valence-electron chi connectivity index (χ4n) is 6.75. The SMILES string of the molecule is CC/C=C\C/C=C\C/C=C\C/C=C\CCC(=O)OC(COC(=O)CCCCCCCCCCCC)COC(=O)CCCCCCCCCCCCCCCCCC. The molecule has 6 nitrogen and oxygen atoms in total. The molecule has 0 amide bonds. The highest BCUT2D eigenvalue weighted by Crippen LogP contribution is 2.15. The van der Waals surface area contributed by atoms with E-state index in [1.54, 1.807) is 0 Å². The molecule has 0 heterocycles. The maximum atomic E-state index is 12.7. The molecule has 1 atom stereocenters. The zero-order valence-corrected chi connectivity index (χ0v) is 37.6. The molecule has 0 aliphatic carbocycles. The Labute approximate surface area is 352 Å². The molecule has 6 heteroatoms. The van der Waals surface area contributed by atoms with Crippen LogP contribution in [0.3, 0.4) is 0 Å². The molecule has 0 aromatic carbocycles. The zero-order chi connectivity index (χ0) is 41.5. The van der Waals surface area contributed by atoms with Crippen molar-refractivity contribution in [3.05, 3.63) is 48.6 Å². The maximum Gasteiger partial charge on any atom is 0.306 e. The Morgan fingerprint density at radius 1 is 0.368 bits per heavy atom. The van der Waals surface area contributed by atoms with Crippen LogP contribution >= 0.6 is 0 Å². The predicted molar refractivity (Wildman–Crippen MR) is 242 cm³/mol. The van der Waals surface area contributed by atoms with E-state index in [-0.39, 0.29) is 37.5 Å². The van der Waals surface area contributed by atoms with E-state index in [1.807, 2.05) is 12.2 Å². The Bertz CT molecular complexity index is 1010. The molecule has 0 aromatic heterocycles. The van der Waals surface area contributed by atoms with Crippen LogP contribution in [-0.2, 0) is 28.6 Å². The van der Waals surface area contributed by atoms with Gasteiger partial charge >= 0.3 is 17.9 Å². The van der Waals surface area contributed by atoms with E-state index in [2.05, 4.69) is 57.2 Å².